The lowest BCUT2D eigenvalue weighted by atomic mass is 10.1. The Morgan fingerprint density at radius 2 is 2.12 bits per heavy atom. The summed E-state index contributed by atoms with van der Waals surface area (Å²) in [7, 11) is 0. The van der Waals surface area contributed by atoms with Gasteiger partial charge < -0.3 is 9.84 Å². The van der Waals surface area contributed by atoms with Gasteiger partial charge in [0.2, 0.25) is 0 Å². The SMILES string of the molecule is C=CC(=O)[C@H](C)[C@@H](O)OCc1ccccc1. The zero-order chi connectivity index (χ0) is 12.0. The molecule has 16 heavy (non-hydrogen) atoms. The first-order valence-electron chi connectivity index (χ1n) is 5.15. The van der Waals surface area contributed by atoms with Crippen molar-refractivity contribution in [3.63, 3.8) is 0 Å². The molecule has 0 amide bonds. The number of ketones is 1. The Labute approximate surface area is 95.4 Å². The van der Waals surface area contributed by atoms with Crippen LogP contribution in [0.25, 0.3) is 0 Å². The molecule has 3 nitrogen and oxygen atoms in total. The molecule has 0 spiro atoms. The summed E-state index contributed by atoms with van der Waals surface area (Å²) in [5.41, 5.74) is 0.958. The summed E-state index contributed by atoms with van der Waals surface area (Å²) >= 11 is 0. The average molecular weight is 220 g/mol. The predicted molar refractivity (Wildman–Crippen MR) is 61.6 cm³/mol. The van der Waals surface area contributed by atoms with Crippen LogP contribution in [0.2, 0.25) is 0 Å². The number of allylic oxidation sites excluding steroid dienone is 1. The van der Waals surface area contributed by atoms with Crippen molar-refractivity contribution < 1.29 is 14.6 Å². The Morgan fingerprint density at radius 3 is 2.69 bits per heavy atom. The molecule has 0 aromatic heterocycles. The number of aliphatic hydroxyl groups excluding tert-OH is 1. The van der Waals surface area contributed by atoms with Crippen molar-refractivity contribution in [2.75, 3.05) is 0 Å². The summed E-state index contributed by atoms with van der Waals surface area (Å²) in [6.07, 6.45) is 0.102. The fourth-order valence-corrected chi connectivity index (χ4v) is 1.23. The van der Waals surface area contributed by atoms with Gasteiger partial charge in [-0.15, -0.1) is 0 Å². The Hall–Kier alpha value is -1.45. The number of hydrogen-bond donors (Lipinski definition) is 1. The molecular weight excluding hydrogens is 204 g/mol. The molecule has 0 bridgehead atoms. The normalized spacial score (nSPS) is 14.1. The highest BCUT2D eigenvalue weighted by atomic mass is 16.6. The molecule has 3 heteroatoms. The Kier molecular flexibility index (Phi) is 4.89. The van der Waals surface area contributed by atoms with Gasteiger partial charge in [0.25, 0.3) is 0 Å². The molecule has 1 rings (SSSR count). The Bertz CT molecular complexity index is 345. The zero-order valence-corrected chi connectivity index (χ0v) is 9.30. The topological polar surface area (TPSA) is 46.5 Å². The first-order valence-corrected chi connectivity index (χ1v) is 5.15. The van der Waals surface area contributed by atoms with E-state index in [1.165, 1.54) is 6.08 Å². The third kappa shape index (κ3) is 3.61. The predicted octanol–water partition coefficient (Wildman–Crippen LogP) is 1.91. The van der Waals surface area contributed by atoms with Gasteiger partial charge in [0.05, 0.1) is 12.5 Å². The van der Waals surface area contributed by atoms with E-state index in [-0.39, 0.29) is 12.4 Å². The average Bonchev–Trinajstić information content (AvgIpc) is 2.35. The van der Waals surface area contributed by atoms with E-state index in [0.29, 0.717) is 0 Å². The molecule has 0 aliphatic rings. The lowest BCUT2D eigenvalue weighted by Crippen LogP contribution is -2.26. The van der Waals surface area contributed by atoms with Gasteiger partial charge in [-0.3, -0.25) is 4.79 Å². The molecule has 0 fully saturated rings. The smallest absolute Gasteiger partial charge is 0.164 e. The van der Waals surface area contributed by atoms with E-state index in [1.807, 2.05) is 30.3 Å². The van der Waals surface area contributed by atoms with Crippen LogP contribution in [0.5, 0.6) is 0 Å². The van der Waals surface area contributed by atoms with Crippen LogP contribution in [-0.4, -0.2) is 17.2 Å². The van der Waals surface area contributed by atoms with Gasteiger partial charge in [-0.1, -0.05) is 43.8 Å². The quantitative estimate of drug-likeness (QED) is 0.588. The van der Waals surface area contributed by atoms with E-state index >= 15 is 0 Å². The van der Waals surface area contributed by atoms with Gasteiger partial charge in [-0.2, -0.15) is 0 Å². The van der Waals surface area contributed by atoms with E-state index in [2.05, 4.69) is 6.58 Å². The maximum Gasteiger partial charge on any atom is 0.164 e. The van der Waals surface area contributed by atoms with Gasteiger partial charge >= 0.3 is 0 Å². The maximum atomic E-state index is 11.2. The standard InChI is InChI=1S/C13H16O3/c1-3-12(14)10(2)13(15)16-9-11-7-5-4-6-8-11/h3-8,10,13,15H,1,9H2,2H3/t10-,13-/m0/s1. The minimum Gasteiger partial charge on any atom is -0.367 e. The van der Waals surface area contributed by atoms with Crippen LogP contribution in [0.15, 0.2) is 43.0 Å². The van der Waals surface area contributed by atoms with Crippen LogP contribution in [0.4, 0.5) is 0 Å². The molecular formula is C13H16O3. The van der Waals surface area contributed by atoms with Gasteiger partial charge in [0, 0.05) is 0 Å². The molecule has 86 valence electrons. The van der Waals surface area contributed by atoms with E-state index < -0.39 is 12.2 Å². The summed E-state index contributed by atoms with van der Waals surface area (Å²) in [4.78, 5) is 11.2. The highest BCUT2D eigenvalue weighted by Gasteiger charge is 2.19. The highest BCUT2D eigenvalue weighted by molar-refractivity contribution is 5.91. The van der Waals surface area contributed by atoms with Crippen molar-refractivity contribution in [1.29, 1.82) is 0 Å². The van der Waals surface area contributed by atoms with Crippen molar-refractivity contribution in [3.8, 4) is 0 Å². The number of benzene rings is 1. The third-order valence-corrected chi connectivity index (χ3v) is 2.34. The summed E-state index contributed by atoms with van der Waals surface area (Å²) in [6.45, 7) is 5.27. The van der Waals surface area contributed by atoms with E-state index in [9.17, 15) is 9.90 Å². The van der Waals surface area contributed by atoms with Gasteiger partial charge in [-0.05, 0) is 11.6 Å². The number of aliphatic hydroxyl groups is 1. The highest BCUT2D eigenvalue weighted by Crippen LogP contribution is 2.10. The minimum absolute atomic E-state index is 0.222. The monoisotopic (exact) mass is 220 g/mol. The molecule has 1 N–H and O–H groups in total. The molecule has 2 atom stereocenters. The number of carbonyl (C=O) groups is 1. The second-order valence-corrected chi connectivity index (χ2v) is 3.58. The summed E-state index contributed by atoms with van der Waals surface area (Å²) in [5, 5.41) is 9.59. The van der Waals surface area contributed by atoms with Crippen LogP contribution in [0, 0.1) is 5.92 Å². The Morgan fingerprint density at radius 1 is 1.50 bits per heavy atom. The van der Waals surface area contributed by atoms with Gasteiger partial charge in [-0.25, -0.2) is 0 Å². The second kappa shape index (κ2) is 6.20. The van der Waals surface area contributed by atoms with Crippen LogP contribution >= 0.6 is 0 Å². The zero-order valence-electron chi connectivity index (χ0n) is 9.30. The minimum atomic E-state index is -1.09. The van der Waals surface area contributed by atoms with Gasteiger partial charge in [0.15, 0.2) is 12.1 Å². The third-order valence-electron chi connectivity index (χ3n) is 2.34. The lowest BCUT2D eigenvalue weighted by molar-refractivity contribution is -0.152. The van der Waals surface area contributed by atoms with Crippen LogP contribution in [0.1, 0.15) is 12.5 Å². The summed E-state index contributed by atoms with van der Waals surface area (Å²) < 4.78 is 5.20. The van der Waals surface area contributed by atoms with Crippen molar-refractivity contribution in [2.24, 2.45) is 5.92 Å². The lowest BCUT2D eigenvalue weighted by Gasteiger charge is -2.16. The van der Waals surface area contributed by atoms with Crippen LogP contribution in [0.3, 0.4) is 0 Å². The molecule has 0 unspecified atom stereocenters. The van der Waals surface area contributed by atoms with Crippen molar-refractivity contribution >= 4 is 5.78 Å². The van der Waals surface area contributed by atoms with Crippen LogP contribution < -0.4 is 0 Å². The second-order valence-electron chi connectivity index (χ2n) is 3.58. The first-order chi connectivity index (χ1) is 7.65. The fourth-order valence-electron chi connectivity index (χ4n) is 1.23. The summed E-state index contributed by atoms with van der Waals surface area (Å²) in [6, 6.07) is 9.48. The molecule has 0 aliphatic carbocycles. The number of rotatable bonds is 6. The summed E-state index contributed by atoms with van der Waals surface area (Å²) in [5.74, 6) is -0.804. The van der Waals surface area contributed by atoms with E-state index in [1.54, 1.807) is 6.92 Å². The molecule has 0 radical (unpaired) electrons. The molecule has 1 aromatic rings. The molecule has 0 heterocycles. The van der Waals surface area contributed by atoms with Crippen molar-refractivity contribution in [3.05, 3.63) is 48.6 Å². The maximum absolute atomic E-state index is 11.2. The fraction of sp³-hybridized carbons (Fsp3) is 0.308. The van der Waals surface area contributed by atoms with Crippen LogP contribution in [-0.2, 0) is 16.1 Å². The number of ether oxygens (including phenoxy) is 1. The first kappa shape index (κ1) is 12.6. The van der Waals surface area contributed by atoms with E-state index in [4.69, 9.17) is 4.74 Å². The van der Waals surface area contributed by atoms with E-state index in [0.717, 1.165) is 5.56 Å². The van der Waals surface area contributed by atoms with Gasteiger partial charge in [0.1, 0.15) is 0 Å². The number of hydrogen-bond acceptors (Lipinski definition) is 3. The Balaban J connectivity index is 2.44. The molecule has 1 aromatic carbocycles. The number of carbonyl (C=O) groups excluding carboxylic acids is 1. The molecule has 0 aliphatic heterocycles. The van der Waals surface area contributed by atoms with Crippen molar-refractivity contribution in [1.82, 2.24) is 0 Å². The van der Waals surface area contributed by atoms with Crippen molar-refractivity contribution in [2.45, 2.75) is 19.8 Å². The molecule has 0 saturated heterocycles. The molecule has 0 saturated carbocycles. The largest absolute Gasteiger partial charge is 0.367 e.